The van der Waals surface area contributed by atoms with Gasteiger partial charge in [-0.05, 0) is 33.7 Å². The fourth-order valence-electron chi connectivity index (χ4n) is 1.32. The Morgan fingerprint density at radius 1 is 0.933 bits per heavy atom. The van der Waals surface area contributed by atoms with Crippen LogP contribution < -0.4 is 5.73 Å². The van der Waals surface area contributed by atoms with Crippen molar-refractivity contribution in [3.8, 4) is 0 Å². The van der Waals surface area contributed by atoms with Crippen LogP contribution in [0.3, 0.4) is 0 Å². The van der Waals surface area contributed by atoms with E-state index in [0.29, 0.717) is 26.4 Å². The summed E-state index contributed by atoms with van der Waals surface area (Å²) in [4.78, 5) is 0. The summed E-state index contributed by atoms with van der Waals surface area (Å²) in [5, 5.41) is 0. The highest BCUT2D eigenvalue weighted by Gasteiger charge is 2.39. The van der Waals surface area contributed by atoms with Crippen LogP contribution in [0.2, 0.25) is 6.04 Å². The number of rotatable bonds is 9. The topological polar surface area (TPSA) is 53.7 Å². The summed E-state index contributed by atoms with van der Waals surface area (Å²) in [5.74, 6) is 0. The Kier molecular flexibility index (Phi) is 13.3. The molecule has 0 fully saturated rings. The molecule has 0 bridgehead atoms. The number of hydrogen-bond acceptors (Lipinski definition) is 4. The van der Waals surface area contributed by atoms with Gasteiger partial charge in [0.15, 0.2) is 17.4 Å². The van der Waals surface area contributed by atoms with E-state index in [2.05, 4.69) is 0 Å². The van der Waals surface area contributed by atoms with E-state index < -0.39 is 8.80 Å². The molecule has 0 unspecified atom stereocenters. The van der Waals surface area contributed by atoms with Crippen LogP contribution in [0.4, 0.5) is 0 Å². The van der Waals surface area contributed by atoms with Crippen LogP contribution in [0.25, 0.3) is 0 Å². The van der Waals surface area contributed by atoms with Gasteiger partial charge in [-0.25, -0.2) is 0 Å². The summed E-state index contributed by atoms with van der Waals surface area (Å²) in [6.07, 6.45) is 0.895. The fraction of sp³-hybridized carbons (Fsp3) is 1.00. The van der Waals surface area contributed by atoms with Gasteiger partial charge in [0.2, 0.25) is 0 Å². The van der Waals surface area contributed by atoms with Crippen molar-refractivity contribution in [3.05, 3.63) is 0 Å². The van der Waals surface area contributed by atoms with Crippen molar-refractivity contribution >= 4 is 26.2 Å². The highest BCUT2D eigenvalue weighted by atomic mass is 28.4. The van der Waals surface area contributed by atoms with E-state index in [1.807, 2.05) is 20.8 Å². The minimum atomic E-state index is -2.40. The third kappa shape index (κ3) is 7.47. The zero-order valence-electron chi connectivity index (χ0n) is 9.54. The van der Waals surface area contributed by atoms with Gasteiger partial charge in [-0.1, -0.05) is 0 Å². The van der Waals surface area contributed by atoms with Crippen LogP contribution in [-0.4, -0.2) is 52.5 Å². The van der Waals surface area contributed by atoms with E-state index in [-0.39, 0.29) is 17.4 Å². The standard InChI is InChI=1S/C9H23NO3Si.Al.3H/c1-4-11-14(12-5-2,13-6-3)9-7-8-10;;;;/h4-10H2,1-3H3;;;;. The lowest BCUT2D eigenvalue weighted by molar-refractivity contribution is 0.0710. The average Bonchev–Trinajstić information content (AvgIpc) is 2.16. The maximum atomic E-state index is 5.65. The van der Waals surface area contributed by atoms with Crippen LogP contribution in [0.1, 0.15) is 27.2 Å². The van der Waals surface area contributed by atoms with E-state index in [1.54, 1.807) is 0 Å². The Balaban J connectivity index is 0. The summed E-state index contributed by atoms with van der Waals surface area (Å²) in [5.41, 5.74) is 5.48. The first kappa shape index (κ1) is 18.0. The molecule has 6 heteroatoms. The predicted molar refractivity (Wildman–Crippen MR) is 69.0 cm³/mol. The Morgan fingerprint density at radius 2 is 1.33 bits per heavy atom. The van der Waals surface area contributed by atoms with Gasteiger partial charge in [0.05, 0.1) is 0 Å². The summed E-state index contributed by atoms with van der Waals surface area (Å²) in [7, 11) is -2.40. The lowest BCUT2D eigenvalue weighted by Crippen LogP contribution is -2.46. The third-order valence-corrected chi connectivity index (χ3v) is 4.93. The first-order chi connectivity index (χ1) is 6.74. The largest absolute Gasteiger partial charge is 0.500 e. The molecule has 0 aliphatic heterocycles. The summed E-state index contributed by atoms with van der Waals surface area (Å²) in [6, 6.07) is 0.818. The van der Waals surface area contributed by atoms with Crippen LogP contribution in [0, 0.1) is 0 Å². The van der Waals surface area contributed by atoms with Gasteiger partial charge >= 0.3 is 8.80 Å². The molecule has 0 aromatic rings. The Morgan fingerprint density at radius 3 is 1.60 bits per heavy atom. The second-order valence-electron chi connectivity index (χ2n) is 2.87. The predicted octanol–water partition coefficient (Wildman–Crippen LogP) is 0.200. The molecule has 0 saturated carbocycles. The van der Waals surface area contributed by atoms with E-state index in [9.17, 15) is 0 Å². The molecular formula is C9H26AlNO3Si. The highest BCUT2D eigenvalue weighted by Crippen LogP contribution is 2.17. The minimum absolute atomic E-state index is 0. The van der Waals surface area contributed by atoms with Crippen LogP contribution in [0.5, 0.6) is 0 Å². The van der Waals surface area contributed by atoms with E-state index in [4.69, 9.17) is 19.0 Å². The first-order valence-corrected chi connectivity index (χ1v) is 7.29. The van der Waals surface area contributed by atoms with Gasteiger partial charge in [0, 0.05) is 25.9 Å². The van der Waals surface area contributed by atoms with Gasteiger partial charge in [0.25, 0.3) is 0 Å². The highest BCUT2D eigenvalue weighted by molar-refractivity contribution is 6.60. The maximum Gasteiger partial charge on any atom is 0.500 e. The summed E-state index contributed by atoms with van der Waals surface area (Å²) < 4.78 is 17.0. The molecule has 0 heterocycles. The zero-order valence-corrected chi connectivity index (χ0v) is 10.5. The molecule has 0 rings (SSSR count). The van der Waals surface area contributed by atoms with Gasteiger partial charge in [-0.3, -0.25) is 0 Å². The SMILES string of the molecule is CCO[Si](CCCN)(OCC)OCC.[AlH3]. The molecule has 0 aliphatic carbocycles. The molecule has 0 aliphatic rings. The lowest BCUT2D eigenvalue weighted by atomic mass is 10.5. The molecule has 0 amide bonds. The first-order valence-electron chi connectivity index (χ1n) is 5.36. The number of nitrogens with two attached hydrogens (primary N) is 1. The van der Waals surface area contributed by atoms with Crippen molar-refractivity contribution in [2.45, 2.75) is 33.2 Å². The maximum absolute atomic E-state index is 5.65. The molecule has 2 N–H and O–H groups in total. The van der Waals surface area contributed by atoms with Crippen LogP contribution in [0.15, 0.2) is 0 Å². The van der Waals surface area contributed by atoms with Gasteiger partial charge in [-0.15, -0.1) is 0 Å². The molecular weight excluding hydrogens is 225 g/mol. The zero-order chi connectivity index (χ0) is 10.9. The summed E-state index contributed by atoms with van der Waals surface area (Å²) in [6.45, 7) is 8.44. The second-order valence-corrected chi connectivity index (χ2v) is 5.61. The fourth-order valence-corrected chi connectivity index (χ4v) is 3.96. The van der Waals surface area contributed by atoms with E-state index in [0.717, 1.165) is 12.5 Å². The summed E-state index contributed by atoms with van der Waals surface area (Å²) >= 11 is 0. The Hall–Kier alpha value is 0.589. The molecule has 0 radical (unpaired) electrons. The monoisotopic (exact) mass is 251 g/mol. The van der Waals surface area contributed by atoms with Gasteiger partial charge < -0.3 is 19.0 Å². The molecule has 0 aromatic carbocycles. The van der Waals surface area contributed by atoms with Crippen molar-refractivity contribution < 1.29 is 13.3 Å². The second kappa shape index (κ2) is 11.1. The molecule has 4 nitrogen and oxygen atoms in total. The van der Waals surface area contributed by atoms with E-state index >= 15 is 0 Å². The molecule has 15 heavy (non-hydrogen) atoms. The van der Waals surface area contributed by atoms with Crippen molar-refractivity contribution in [3.63, 3.8) is 0 Å². The molecule has 0 atom stereocenters. The van der Waals surface area contributed by atoms with E-state index in [1.165, 1.54) is 0 Å². The smallest absolute Gasteiger partial charge is 0.374 e. The minimum Gasteiger partial charge on any atom is -0.374 e. The van der Waals surface area contributed by atoms with Crippen LogP contribution in [-0.2, 0) is 13.3 Å². The average molecular weight is 251 g/mol. The Labute approximate surface area is 105 Å². The van der Waals surface area contributed by atoms with Crippen molar-refractivity contribution in [2.75, 3.05) is 26.4 Å². The van der Waals surface area contributed by atoms with Crippen molar-refractivity contribution in [1.82, 2.24) is 0 Å². The molecule has 0 aromatic heterocycles. The molecule has 92 valence electrons. The van der Waals surface area contributed by atoms with Crippen LogP contribution >= 0.6 is 0 Å². The van der Waals surface area contributed by atoms with Gasteiger partial charge in [-0.2, -0.15) is 0 Å². The van der Waals surface area contributed by atoms with Crippen molar-refractivity contribution in [1.29, 1.82) is 0 Å². The Bertz CT molecular complexity index is 124. The normalized spacial score (nSPS) is 11.2. The molecule has 0 saturated heterocycles. The third-order valence-electron chi connectivity index (χ3n) is 1.78. The number of hydrogen-bond donors (Lipinski definition) is 1. The lowest BCUT2D eigenvalue weighted by Gasteiger charge is -2.28. The molecule has 0 spiro atoms. The van der Waals surface area contributed by atoms with Crippen molar-refractivity contribution in [2.24, 2.45) is 5.73 Å². The van der Waals surface area contributed by atoms with Gasteiger partial charge in [0.1, 0.15) is 0 Å². The quantitative estimate of drug-likeness (QED) is 0.595.